The number of nitrogens with one attached hydrogen (secondary N) is 2. The van der Waals surface area contributed by atoms with Gasteiger partial charge in [-0.2, -0.15) is 0 Å². The molecule has 0 saturated carbocycles. The highest BCUT2D eigenvalue weighted by Crippen LogP contribution is 2.20. The Morgan fingerprint density at radius 2 is 1.56 bits per heavy atom. The van der Waals surface area contributed by atoms with E-state index in [2.05, 4.69) is 15.6 Å². The maximum Gasteiger partial charge on any atom is 0.274 e. The number of benzene rings is 2. The summed E-state index contributed by atoms with van der Waals surface area (Å²) in [4.78, 5) is 16.6. The molecule has 0 aliphatic carbocycles. The van der Waals surface area contributed by atoms with E-state index >= 15 is 0 Å². The summed E-state index contributed by atoms with van der Waals surface area (Å²) in [6, 6.07) is 18.1. The minimum atomic E-state index is -0.273. The molecule has 6 heteroatoms. The molecule has 0 atom stereocenters. The highest BCUT2D eigenvalue weighted by atomic mass is 35.5. The molecule has 0 fully saturated rings. The number of carbonyl (C=O) groups excluding carboxylic acids is 1. The Balaban J connectivity index is 1.60. The molecule has 2 aromatic carbocycles. The van der Waals surface area contributed by atoms with Gasteiger partial charge in [0, 0.05) is 16.4 Å². The molecular weight excluding hydrogens is 362 g/mol. The summed E-state index contributed by atoms with van der Waals surface area (Å²) >= 11 is 5.88. The monoisotopic (exact) mass is 381 g/mol. The Morgan fingerprint density at radius 3 is 2.15 bits per heavy atom. The number of hydrogen-bond acceptors (Lipinski definition) is 4. The third kappa shape index (κ3) is 5.46. The second-order valence-electron chi connectivity index (χ2n) is 6.21. The number of carbonyl (C=O) groups is 1. The summed E-state index contributed by atoms with van der Waals surface area (Å²) in [7, 11) is 0. The summed E-state index contributed by atoms with van der Waals surface area (Å²) in [5.41, 5.74) is 2.69. The minimum absolute atomic E-state index is 0.106. The molecule has 1 heterocycles. The van der Waals surface area contributed by atoms with Crippen molar-refractivity contribution in [2.75, 3.05) is 10.6 Å². The van der Waals surface area contributed by atoms with Crippen LogP contribution in [0.25, 0.3) is 0 Å². The Morgan fingerprint density at radius 1 is 0.926 bits per heavy atom. The maximum absolute atomic E-state index is 12.3. The lowest BCUT2D eigenvalue weighted by Crippen LogP contribution is -2.13. The van der Waals surface area contributed by atoms with Gasteiger partial charge in [-0.25, -0.2) is 4.98 Å². The van der Waals surface area contributed by atoms with E-state index in [1.54, 1.807) is 42.6 Å². The molecule has 1 aromatic heterocycles. The second-order valence-corrected chi connectivity index (χ2v) is 6.65. The SMILES string of the molecule is CC(C)Oc1ccc(NC(=O)c2ccc(Nc3ccc(Cl)cc3)cn2)cc1. The highest BCUT2D eigenvalue weighted by Gasteiger charge is 2.08. The van der Waals surface area contributed by atoms with Gasteiger partial charge in [-0.15, -0.1) is 0 Å². The lowest BCUT2D eigenvalue weighted by molar-refractivity contribution is 0.102. The van der Waals surface area contributed by atoms with Crippen LogP contribution in [0.4, 0.5) is 17.1 Å². The quantitative estimate of drug-likeness (QED) is 0.590. The van der Waals surface area contributed by atoms with Crippen LogP contribution in [-0.2, 0) is 0 Å². The number of aromatic nitrogens is 1. The van der Waals surface area contributed by atoms with Gasteiger partial charge in [-0.3, -0.25) is 4.79 Å². The Hall–Kier alpha value is -3.05. The van der Waals surface area contributed by atoms with Gasteiger partial charge < -0.3 is 15.4 Å². The van der Waals surface area contributed by atoms with Gasteiger partial charge in [-0.05, 0) is 74.5 Å². The first-order chi connectivity index (χ1) is 13.0. The smallest absolute Gasteiger partial charge is 0.274 e. The summed E-state index contributed by atoms with van der Waals surface area (Å²) in [6.07, 6.45) is 1.72. The molecule has 2 N–H and O–H groups in total. The highest BCUT2D eigenvalue weighted by molar-refractivity contribution is 6.30. The number of nitrogens with zero attached hydrogens (tertiary/aromatic N) is 1. The molecule has 1 amide bonds. The molecule has 0 aliphatic rings. The molecule has 3 aromatic rings. The first kappa shape index (κ1) is 18.7. The number of ether oxygens (including phenoxy) is 1. The summed E-state index contributed by atoms with van der Waals surface area (Å²) in [5.74, 6) is 0.490. The van der Waals surface area contributed by atoms with Crippen LogP contribution >= 0.6 is 11.6 Å². The van der Waals surface area contributed by atoms with Crippen LogP contribution in [0, 0.1) is 0 Å². The van der Waals surface area contributed by atoms with E-state index in [0.717, 1.165) is 17.1 Å². The third-order valence-electron chi connectivity index (χ3n) is 3.61. The predicted octanol–water partition coefficient (Wildman–Crippen LogP) is 5.52. The number of amides is 1. The van der Waals surface area contributed by atoms with Gasteiger partial charge in [0.1, 0.15) is 11.4 Å². The van der Waals surface area contributed by atoms with Crippen molar-refractivity contribution in [3.8, 4) is 5.75 Å². The number of rotatable bonds is 6. The molecule has 0 unspecified atom stereocenters. The second kappa shape index (κ2) is 8.56. The van der Waals surface area contributed by atoms with Crippen LogP contribution in [0.2, 0.25) is 5.02 Å². The Kier molecular flexibility index (Phi) is 5.94. The predicted molar refractivity (Wildman–Crippen MR) is 109 cm³/mol. The number of anilines is 3. The van der Waals surface area contributed by atoms with E-state index in [-0.39, 0.29) is 12.0 Å². The van der Waals surface area contributed by atoms with E-state index in [1.807, 2.05) is 38.1 Å². The maximum atomic E-state index is 12.3. The topological polar surface area (TPSA) is 63.2 Å². The van der Waals surface area contributed by atoms with Crippen molar-refractivity contribution in [2.45, 2.75) is 20.0 Å². The number of hydrogen-bond donors (Lipinski definition) is 2. The molecule has 27 heavy (non-hydrogen) atoms. The summed E-state index contributed by atoms with van der Waals surface area (Å²) in [5, 5.41) is 6.70. The van der Waals surface area contributed by atoms with Gasteiger partial charge in [0.05, 0.1) is 18.0 Å². The molecule has 0 bridgehead atoms. The van der Waals surface area contributed by atoms with Crippen LogP contribution in [0.1, 0.15) is 24.3 Å². The van der Waals surface area contributed by atoms with Crippen LogP contribution in [0.5, 0.6) is 5.75 Å². The minimum Gasteiger partial charge on any atom is -0.491 e. The number of pyridine rings is 1. The molecule has 0 aliphatic heterocycles. The van der Waals surface area contributed by atoms with Crippen molar-refractivity contribution in [1.29, 1.82) is 0 Å². The zero-order chi connectivity index (χ0) is 19.2. The van der Waals surface area contributed by atoms with Crippen molar-refractivity contribution < 1.29 is 9.53 Å². The van der Waals surface area contributed by atoms with E-state index in [9.17, 15) is 4.79 Å². The zero-order valence-corrected chi connectivity index (χ0v) is 15.8. The van der Waals surface area contributed by atoms with Gasteiger partial charge >= 0.3 is 0 Å². The molecule has 0 spiro atoms. The Bertz CT molecular complexity index is 892. The van der Waals surface area contributed by atoms with Crippen molar-refractivity contribution in [2.24, 2.45) is 0 Å². The van der Waals surface area contributed by atoms with Crippen LogP contribution in [0.15, 0.2) is 66.9 Å². The van der Waals surface area contributed by atoms with Gasteiger partial charge in [0.2, 0.25) is 0 Å². The zero-order valence-electron chi connectivity index (χ0n) is 15.1. The molecule has 5 nitrogen and oxygen atoms in total. The van der Waals surface area contributed by atoms with Gasteiger partial charge in [0.25, 0.3) is 5.91 Å². The number of halogens is 1. The fraction of sp³-hybridized carbons (Fsp3) is 0.143. The lowest BCUT2D eigenvalue weighted by Gasteiger charge is -2.11. The summed E-state index contributed by atoms with van der Waals surface area (Å²) < 4.78 is 5.59. The van der Waals surface area contributed by atoms with Crippen molar-refractivity contribution in [1.82, 2.24) is 4.98 Å². The van der Waals surface area contributed by atoms with Gasteiger partial charge in [-0.1, -0.05) is 11.6 Å². The summed E-state index contributed by atoms with van der Waals surface area (Å²) in [6.45, 7) is 3.93. The van der Waals surface area contributed by atoms with E-state index in [1.165, 1.54) is 0 Å². The third-order valence-corrected chi connectivity index (χ3v) is 3.86. The fourth-order valence-electron chi connectivity index (χ4n) is 2.39. The largest absolute Gasteiger partial charge is 0.491 e. The fourth-order valence-corrected chi connectivity index (χ4v) is 2.51. The van der Waals surface area contributed by atoms with Crippen LogP contribution < -0.4 is 15.4 Å². The lowest BCUT2D eigenvalue weighted by atomic mass is 10.2. The average molecular weight is 382 g/mol. The normalized spacial score (nSPS) is 10.5. The molecule has 138 valence electrons. The van der Waals surface area contributed by atoms with Crippen LogP contribution in [-0.4, -0.2) is 17.0 Å². The Labute approximate surface area is 163 Å². The van der Waals surface area contributed by atoms with E-state index in [4.69, 9.17) is 16.3 Å². The van der Waals surface area contributed by atoms with E-state index in [0.29, 0.717) is 16.4 Å². The standard InChI is InChI=1S/C21H20ClN3O2/c1-14(2)27-19-10-7-17(8-11-19)25-21(26)20-12-9-18(13-23-20)24-16-5-3-15(22)4-6-16/h3-14,24H,1-2H3,(H,25,26). The van der Waals surface area contributed by atoms with Crippen LogP contribution in [0.3, 0.4) is 0 Å². The van der Waals surface area contributed by atoms with Crippen molar-refractivity contribution in [3.05, 3.63) is 77.6 Å². The van der Waals surface area contributed by atoms with Crippen molar-refractivity contribution >= 4 is 34.6 Å². The molecule has 3 rings (SSSR count). The molecule has 0 radical (unpaired) electrons. The van der Waals surface area contributed by atoms with Gasteiger partial charge in [0.15, 0.2) is 0 Å². The molecule has 0 saturated heterocycles. The first-order valence-electron chi connectivity index (χ1n) is 8.56. The van der Waals surface area contributed by atoms with E-state index < -0.39 is 0 Å². The molecular formula is C21H20ClN3O2. The first-order valence-corrected chi connectivity index (χ1v) is 8.94. The average Bonchev–Trinajstić information content (AvgIpc) is 2.65. The van der Waals surface area contributed by atoms with Crippen molar-refractivity contribution in [3.63, 3.8) is 0 Å².